The molecule has 1 heterocycles. The number of benzene rings is 1. The molecule has 1 aromatic carbocycles. The molecule has 0 aliphatic rings. The van der Waals surface area contributed by atoms with Crippen molar-refractivity contribution in [3.05, 3.63) is 51.7 Å². The van der Waals surface area contributed by atoms with Gasteiger partial charge in [0.1, 0.15) is 0 Å². The van der Waals surface area contributed by atoms with Crippen LogP contribution in [-0.4, -0.2) is 23.0 Å². The average molecular weight is 290 g/mol. The van der Waals surface area contributed by atoms with Crippen molar-refractivity contribution in [2.45, 2.75) is 19.5 Å². The Bertz CT molecular complexity index is 596. The van der Waals surface area contributed by atoms with E-state index in [0.717, 1.165) is 5.56 Å². The Hall–Kier alpha value is -1.85. The molecule has 2 aromatic rings. The van der Waals surface area contributed by atoms with Gasteiger partial charge in [-0.2, -0.15) is 0 Å². The van der Waals surface area contributed by atoms with E-state index in [4.69, 9.17) is 5.73 Å². The number of nitrogens with zero attached hydrogens (tertiary/aromatic N) is 1. The van der Waals surface area contributed by atoms with Crippen LogP contribution < -0.4 is 5.73 Å². The number of hydrogen-bond donors (Lipinski definition) is 2. The Morgan fingerprint density at radius 3 is 2.75 bits per heavy atom. The van der Waals surface area contributed by atoms with Crippen molar-refractivity contribution in [2.75, 3.05) is 12.8 Å². The number of thiophene rings is 1. The molecule has 0 radical (unpaired) electrons. The molecule has 1 aromatic heterocycles. The van der Waals surface area contributed by atoms with Crippen LogP contribution in [0.25, 0.3) is 0 Å². The lowest BCUT2D eigenvalue weighted by Gasteiger charge is -2.24. The second-order valence-corrected chi connectivity index (χ2v) is 5.77. The van der Waals surface area contributed by atoms with Crippen molar-refractivity contribution >= 4 is 23.0 Å². The van der Waals surface area contributed by atoms with Gasteiger partial charge >= 0.3 is 5.97 Å². The van der Waals surface area contributed by atoms with Gasteiger partial charge in [0.2, 0.25) is 0 Å². The summed E-state index contributed by atoms with van der Waals surface area (Å²) in [4.78, 5) is 14.7. The molecule has 4 nitrogen and oxygen atoms in total. The van der Waals surface area contributed by atoms with Crippen molar-refractivity contribution in [1.82, 2.24) is 4.90 Å². The Morgan fingerprint density at radius 2 is 2.15 bits per heavy atom. The lowest BCUT2D eigenvalue weighted by molar-refractivity contribution is 0.0695. The van der Waals surface area contributed by atoms with Crippen molar-refractivity contribution in [2.24, 2.45) is 0 Å². The van der Waals surface area contributed by atoms with E-state index < -0.39 is 5.97 Å². The van der Waals surface area contributed by atoms with Gasteiger partial charge in [-0.1, -0.05) is 18.2 Å². The summed E-state index contributed by atoms with van der Waals surface area (Å²) in [6.07, 6.45) is 0. The van der Waals surface area contributed by atoms with Crippen molar-refractivity contribution < 1.29 is 9.90 Å². The number of nitrogen functional groups attached to an aromatic ring is 1. The summed E-state index contributed by atoms with van der Waals surface area (Å²) in [6.45, 7) is 2.66. The molecule has 0 saturated heterocycles. The third-order valence-corrected chi connectivity index (χ3v) is 4.48. The summed E-state index contributed by atoms with van der Waals surface area (Å²) in [5.74, 6) is -0.977. The lowest BCUT2D eigenvalue weighted by atomic mass is 10.0. The molecule has 3 N–H and O–H groups in total. The number of aromatic carboxylic acids is 1. The van der Waals surface area contributed by atoms with Gasteiger partial charge in [0.25, 0.3) is 0 Å². The number of anilines is 1. The standard InChI is InChI=1S/C15H18N2O2S/c1-10(13-7-4-8-20-13)17(2)9-11-5-3-6-12(16)14(11)15(18)19/h3-8,10H,9,16H2,1-2H3,(H,18,19). The van der Waals surface area contributed by atoms with Gasteiger partial charge in [-0.15, -0.1) is 11.3 Å². The Morgan fingerprint density at radius 1 is 1.40 bits per heavy atom. The Kier molecular flexibility index (Phi) is 4.42. The van der Waals surface area contributed by atoms with E-state index in [-0.39, 0.29) is 11.6 Å². The summed E-state index contributed by atoms with van der Waals surface area (Å²) < 4.78 is 0. The molecular weight excluding hydrogens is 272 g/mol. The highest BCUT2D eigenvalue weighted by atomic mass is 32.1. The fourth-order valence-corrected chi connectivity index (χ4v) is 3.01. The minimum Gasteiger partial charge on any atom is -0.478 e. The quantitative estimate of drug-likeness (QED) is 0.830. The van der Waals surface area contributed by atoms with Crippen LogP contribution in [0.5, 0.6) is 0 Å². The summed E-state index contributed by atoms with van der Waals surface area (Å²) in [5.41, 5.74) is 7.03. The summed E-state index contributed by atoms with van der Waals surface area (Å²) >= 11 is 1.70. The molecule has 0 amide bonds. The molecule has 0 aliphatic heterocycles. The first-order chi connectivity index (χ1) is 9.50. The number of rotatable bonds is 5. The second kappa shape index (κ2) is 6.07. The highest BCUT2D eigenvalue weighted by Crippen LogP contribution is 2.26. The topological polar surface area (TPSA) is 66.6 Å². The van der Waals surface area contributed by atoms with E-state index in [0.29, 0.717) is 12.2 Å². The van der Waals surface area contributed by atoms with E-state index in [1.165, 1.54) is 4.88 Å². The van der Waals surface area contributed by atoms with Crippen LogP contribution in [0.15, 0.2) is 35.7 Å². The predicted molar refractivity (Wildman–Crippen MR) is 82.0 cm³/mol. The van der Waals surface area contributed by atoms with Crippen LogP contribution >= 0.6 is 11.3 Å². The molecule has 0 saturated carbocycles. The zero-order valence-electron chi connectivity index (χ0n) is 11.5. The van der Waals surface area contributed by atoms with Crippen LogP contribution in [-0.2, 0) is 6.54 Å². The van der Waals surface area contributed by atoms with Crippen molar-refractivity contribution in [3.8, 4) is 0 Å². The first-order valence-electron chi connectivity index (χ1n) is 6.35. The van der Waals surface area contributed by atoms with E-state index in [1.807, 2.05) is 24.6 Å². The van der Waals surface area contributed by atoms with Gasteiger partial charge in [-0.3, -0.25) is 4.90 Å². The number of carboxylic acids is 1. The molecular formula is C15H18N2O2S. The molecule has 0 spiro atoms. The zero-order chi connectivity index (χ0) is 14.7. The van der Waals surface area contributed by atoms with Crippen LogP contribution in [0.3, 0.4) is 0 Å². The second-order valence-electron chi connectivity index (χ2n) is 4.79. The number of carbonyl (C=O) groups is 1. The lowest BCUT2D eigenvalue weighted by Crippen LogP contribution is -2.23. The highest BCUT2D eigenvalue weighted by molar-refractivity contribution is 7.10. The van der Waals surface area contributed by atoms with Crippen molar-refractivity contribution in [3.63, 3.8) is 0 Å². The zero-order valence-corrected chi connectivity index (χ0v) is 12.4. The minimum absolute atomic E-state index is 0.206. The maximum atomic E-state index is 11.3. The van der Waals surface area contributed by atoms with Crippen molar-refractivity contribution in [1.29, 1.82) is 0 Å². The highest BCUT2D eigenvalue weighted by Gasteiger charge is 2.18. The Labute approximate surface area is 122 Å². The molecule has 20 heavy (non-hydrogen) atoms. The van der Waals surface area contributed by atoms with Gasteiger partial charge in [-0.25, -0.2) is 4.79 Å². The smallest absolute Gasteiger partial charge is 0.338 e. The summed E-state index contributed by atoms with van der Waals surface area (Å²) in [5, 5.41) is 11.3. The van der Waals surface area contributed by atoms with E-state index >= 15 is 0 Å². The molecule has 1 unspecified atom stereocenters. The summed E-state index contributed by atoms with van der Waals surface area (Å²) in [6, 6.07) is 9.57. The SMILES string of the molecule is CC(c1cccs1)N(C)Cc1cccc(N)c1C(=O)O. The van der Waals surface area contributed by atoms with E-state index in [2.05, 4.69) is 17.9 Å². The Balaban J connectivity index is 2.22. The maximum absolute atomic E-state index is 11.3. The van der Waals surface area contributed by atoms with Gasteiger partial charge in [0.05, 0.1) is 5.56 Å². The number of carboxylic acid groups (broad SMARTS) is 1. The third-order valence-electron chi connectivity index (χ3n) is 3.43. The normalized spacial score (nSPS) is 12.6. The average Bonchev–Trinajstić information content (AvgIpc) is 2.91. The molecule has 106 valence electrons. The van der Waals surface area contributed by atoms with Gasteiger partial charge in [0.15, 0.2) is 0 Å². The van der Waals surface area contributed by atoms with Crippen LogP contribution in [0.4, 0.5) is 5.69 Å². The monoisotopic (exact) mass is 290 g/mol. The number of hydrogen-bond acceptors (Lipinski definition) is 4. The van der Waals surface area contributed by atoms with E-state index in [1.54, 1.807) is 23.5 Å². The van der Waals surface area contributed by atoms with Crippen LogP contribution in [0.1, 0.15) is 33.8 Å². The summed E-state index contributed by atoms with van der Waals surface area (Å²) in [7, 11) is 1.99. The molecule has 1 atom stereocenters. The largest absolute Gasteiger partial charge is 0.478 e. The first kappa shape index (κ1) is 14.6. The molecule has 0 fully saturated rings. The molecule has 0 aliphatic carbocycles. The molecule has 2 rings (SSSR count). The van der Waals surface area contributed by atoms with Gasteiger partial charge < -0.3 is 10.8 Å². The van der Waals surface area contributed by atoms with Gasteiger partial charge in [0, 0.05) is 23.2 Å². The molecule has 5 heteroatoms. The van der Waals surface area contributed by atoms with Crippen LogP contribution in [0.2, 0.25) is 0 Å². The maximum Gasteiger partial charge on any atom is 0.338 e. The fourth-order valence-electron chi connectivity index (χ4n) is 2.16. The third kappa shape index (κ3) is 3.00. The fraction of sp³-hybridized carbons (Fsp3) is 0.267. The minimum atomic E-state index is -0.977. The number of nitrogens with two attached hydrogens (primary N) is 1. The first-order valence-corrected chi connectivity index (χ1v) is 7.23. The molecule has 0 bridgehead atoms. The van der Waals surface area contributed by atoms with Gasteiger partial charge in [-0.05, 0) is 37.0 Å². The van der Waals surface area contributed by atoms with E-state index in [9.17, 15) is 9.90 Å². The predicted octanol–water partition coefficient (Wildman–Crippen LogP) is 3.22. The van der Waals surface area contributed by atoms with Crippen LogP contribution in [0, 0.1) is 0 Å².